The number of pyridine rings is 1. The first-order valence-corrected chi connectivity index (χ1v) is 7.08. The molecule has 0 radical (unpaired) electrons. The molecule has 1 aliphatic rings. The van der Waals surface area contributed by atoms with Crippen LogP contribution in [0.1, 0.15) is 18.9 Å². The lowest BCUT2D eigenvalue weighted by Crippen LogP contribution is -2.22. The lowest BCUT2D eigenvalue weighted by atomic mass is 10.0. The second-order valence-corrected chi connectivity index (χ2v) is 5.65. The van der Waals surface area contributed by atoms with Crippen molar-refractivity contribution in [3.05, 3.63) is 47.0 Å². The fourth-order valence-corrected chi connectivity index (χ4v) is 2.91. The number of hydrogen-bond donors (Lipinski definition) is 1. The van der Waals surface area contributed by atoms with Gasteiger partial charge in [-0.2, -0.15) is 5.10 Å². The summed E-state index contributed by atoms with van der Waals surface area (Å²) in [4.78, 5) is 12.9. The largest absolute Gasteiger partial charge is 0.385 e. The summed E-state index contributed by atoms with van der Waals surface area (Å²) >= 11 is 0. The molecule has 4 rings (SSSR count). The van der Waals surface area contributed by atoms with Crippen molar-refractivity contribution in [2.75, 3.05) is 5.73 Å². The molecule has 0 aliphatic heterocycles. The molecule has 1 aromatic carbocycles. The molecule has 0 unspecified atom stereocenters. The zero-order valence-electron chi connectivity index (χ0n) is 11.8. The van der Waals surface area contributed by atoms with Crippen LogP contribution in [-0.2, 0) is 7.05 Å². The summed E-state index contributed by atoms with van der Waals surface area (Å²) in [6, 6.07) is 8.02. The lowest BCUT2D eigenvalue weighted by molar-refractivity contribution is 0.726. The number of nitrogens with two attached hydrogens (primary N) is 1. The van der Waals surface area contributed by atoms with Crippen LogP contribution in [0.15, 0.2) is 41.5 Å². The van der Waals surface area contributed by atoms with Crippen LogP contribution in [0.25, 0.3) is 21.9 Å². The molecule has 0 amide bonds. The van der Waals surface area contributed by atoms with Crippen molar-refractivity contribution < 1.29 is 0 Å². The van der Waals surface area contributed by atoms with Gasteiger partial charge in [0.05, 0.1) is 11.6 Å². The highest BCUT2D eigenvalue weighted by atomic mass is 16.1. The summed E-state index contributed by atoms with van der Waals surface area (Å²) in [5, 5.41) is 5.81. The zero-order valence-corrected chi connectivity index (χ0v) is 11.8. The zero-order chi connectivity index (χ0) is 14.6. The van der Waals surface area contributed by atoms with Crippen molar-refractivity contribution in [3.63, 3.8) is 0 Å². The van der Waals surface area contributed by atoms with E-state index in [1.165, 1.54) is 0 Å². The van der Waals surface area contributed by atoms with Crippen LogP contribution in [0.5, 0.6) is 0 Å². The highest BCUT2D eigenvalue weighted by molar-refractivity contribution is 5.96. The Kier molecular flexibility index (Phi) is 2.45. The van der Waals surface area contributed by atoms with E-state index in [-0.39, 0.29) is 11.6 Å². The standard InChI is InChI=1S/C16H16N4O/c1-19-9-11(8-18-19)13-4-2-3-10-7-14(17)20(12-5-6-12)16(21)15(10)13/h2-4,7-9,12H,5-6,17H2,1H3. The first kappa shape index (κ1) is 12.2. The Morgan fingerprint density at radius 2 is 2.14 bits per heavy atom. The summed E-state index contributed by atoms with van der Waals surface area (Å²) < 4.78 is 3.48. The summed E-state index contributed by atoms with van der Waals surface area (Å²) in [7, 11) is 1.87. The topological polar surface area (TPSA) is 65.8 Å². The number of aromatic nitrogens is 3. The molecule has 2 aromatic heterocycles. The van der Waals surface area contributed by atoms with E-state index < -0.39 is 0 Å². The maximum absolute atomic E-state index is 12.9. The molecule has 5 nitrogen and oxygen atoms in total. The van der Waals surface area contributed by atoms with Crippen molar-refractivity contribution in [2.45, 2.75) is 18.9 Å². The second-order valence-electron chi connectivity index (χ2n) is 5.65. The molecule has 0 saturated heterocycles. The molecule has 2 heterocycles. The Morgan fingerprint density at radius 1 is 1.33 bits per heavy atom. The summed E-state index contributed by atoms with van der Waals surface area (Å²) in [5.74, 6) is 0.554. The molecule has 0 atom stereocenters. The molecule has 1 fully saturated rings. The van der Waals surface area contributed by atoms with Gasteiger partial charge < -0.3 is 5.73 Å². The Bertz CT molecular complexity index is 902. The predicted octanol–water partition coefficient (Wildman–Crippen LogP) is 2.32. The van der Waals surface area contributed by atoms with E-state index in [0.717, 1.165) is 34.7 Å². The molecule has 1 aliphatic carbocycles. The summed E-state index contributed by atoms with van der Waals surface area (Å²) in [6.07, 6.45) is 5.77. The predicted molar refractivity (Wildman–Crippen MR) is 83.1 cm³/mol. The highest BCUT2D eigenvalue weighted by Gasteiger charge is 2.27. The van der Waals surface area contributed by atoms with E-state index in [1.54, 1.807) is 15.4 Å². The Hall–Kier alpha value is -2.56. The van der Waals surface area contributed by atoms with Crippen molar-refractivity contribution in [1.29, 1.82) is 0 Å². The summed E-state index contributed by atoms with van der Waals surface area (Å²) in [6.45, 7) is 0. The first-order chi connectivity index (χ1) is 10.1. The van der Waals surface area contributed by atoms with Gasteiger partial charge in [-0.05, 0) is 29.9 Å². The number of hydrogen-bond acceptors (Lipinski definition) is 3. The molecular weight excluding hydrogens is 264 g/mol. The van der Waals surface area contributed by atoms with Crippen LogP contribution in [0.2, 0.25) is 0 Å². The maximum atomic E-state index is 12.9. The van der Waals surface area contributed by atoms with Crippen molar-refractivity contribution >= 4 is 16.6 Å². The Labute approximate surface area is 121 Å². The Balaban J connectivity index is 2.08. The smallest absolute Gasteiger partial charge is 0.260 e. The third kappa shape index (κ3) is 1.85. The molecule has 3 aromatic rings. The average molecular weight is 280 g/mol. The van der Waals surface area contributed by atoms with Gasteiger partial charge in [-0.1, -0.05) is 18.2 Å². The number of rotatable bonds is 2. The third-order valence-corrected chi connectivity index (χ3v) is 4.04. The lowest BCUT2D eigenvalue weighted by Gasteiger charge is -2.12. The summed E-state index contributed by atoms with van der Waals surface area (Å²) in [5.41, 5.74) is 7.94. The van der Waals surface area contributed by atoms with E-state index in [4.69, 9.17) is 5.73 Å². The number of benzene rings is 1. The number of fused-ring (bicyclic) bond motifs is 1. The molecular formula is C16H16N4O. The van der Waals surface area contributed by atoms with Crippen molar-refractivity contribution in [2.24, 2.45) is 7.05 Å². The van der Waals surface area contributed by atoms with E-state index in [2.05, 4.69) is 5.10 Å². The quantitative estimate of drug-likeness (QED) is 0.783. The minimum Gasteiger partial charge on any atom is -0.385 e. The molecule has 1 saturated carbocycles. The fourth-order valence-electron chi connectivity index (χ4n) is 2.91. The van der Waals surface area contributed by atoms with Gasteiger partial charge >= 0.3 is 0 Å². The van der Waals surface area contributed by atoms with Crippen molar-refractivity contribution in [3.8, 4) is 11.1 Å². The number of aryl methyl sites for hydroxylation is 1. The molecule has 106 valence electrons. The van der Waals surface area contributed by atoms with Gasteiger partial charge in [0.15, 0.2) is 0 Å². The van der Waals surface area contributed by atoms with E-state index in [1.807, 2.05) is 37.5 Å². The average Bonchev–Trinajstić information content (AvgIpc) is 3.19. The molecule has 2 N–H and O–H groups in total. The van der Waals surface area contributed by atoms with E-state index in [0.29, 0.717) is 5.82 Å². The SMILES string of the molecule is Cn1cc(-c2cccc3cc(N)n(C4CC4)c(=O)c23)cn1. The van der Waals surface area contributed by atoms with Gasteiger partial charge in [-0.15, -0.1) is 0 Å². The normalized spacial score (nSPS) is 14.7. The molecule has 21 heavy (non-hydrogen) atoms. The van der Waals surface area contributed by atoms with Gasteiger partial charge in [0.1, 0.15) is 5.82 Å². The number of nitrogens with zero attached hydrogens (tertiary/aromatic N) is 3. The van der Waals surface area contributed by atoms with Gasteiger partial charge in [0.25, 0.3) is 5.56 Å². The second kappa shape index (κ2) is 4.22. The first-order valence-electron chi connectivity index (χ1n) is 7.08. The third-order valence-electron chi connectivity index (χ3n) is 4.04. The molecule has 0 bridgehead atoms. The van der Waals surface area contributed by atoms with Crippen LogP contribution in [0, 0.1) is 0 Å². The van der Waals surface area contributed by atoms with Crippen LogP contribution in [0.3, 0.4) is 0 Å². The maximum Gasteiger partial charge on any atom is 0.260 e. The minimum absolute atomic E-state index is 0.00644. The monoisotopic (exact) mass is 280 g/mol. The van der Waals surface area contributed by atoms with Crippen LogP contribution in [0.4, 0.5) is 5.82 Å². The Morgan fingerprint density at radius 3 is 2.81 bits per heavy atom. The van der Waals surface area contributed by atoms with Gasteiger partial charge in [-0.3, -0.25) is 14.0 Å². The van der Waals surface area contributed by atoms with Gasteiger partial charge in [-0.25, -0.2) is 0 Å². The van der Waals surface area contributed by atoms with Crippen LogP contribution in [-0.4, -0.2) is 14.3 Å². The minimum atomic E-state index is 0.00644. The fraction of sp³-hybridized carbons (Fsp3) is 0.250. The van der Waals surface area contributed by atoms with Gasteiger partial charge in [0.2, 0.25) is 0 Å². The molecule has 5 heteroatoms. The van der Waals surface area contributed by atoms with E-state index in [9.17, 15) is 4.79 Å². The van der Waals surface area contributed by atoms with Crippen molar-refractivity contribution in [1.82, 2.24) is 14.3 Å². The number of anilines is 1. The number of nitrogen functional groups attached to an aromatic ring is 1. The van der Waals surface area contributed by atoms with Crippen LogP contribution >= 0.6 is 0 Å². The van der Waals surface area contributed by atoms with E-state index >= 15 is 0 Å². The van der Waals surface area contributed by atoms with Crippen LogP contribution < -0.4 is 11.3 Å². The highest BCUT2D eigenvalue weighted by Crippen LogP contribution is 2.37. The van der Waals surface area contributed by atoms with Gasteiger partial charge in [0, 0.05) is 24.8 Å². The molecule has 0 spiro atoms.